The number of Topliss-reactive ketones (excluding diaryl/α,β-unsaturated/α-hetero) is 1. The second kappa shape index (κ2) is 10.2. The van der Waals surface area contributed by atoms with Crippen LogP contribution in [0.2, 0.25) is 0 Å². The molecule has 0 aromatic heterocycles. The first-order valence-electron chi connectivity index (χ1n) is 10.1. The minimum Gasteiger partial charge on any atom is -0.371 e. The summed E-state index contributed by atoms with van der Waals surface area (Å²) in [5.74, 6) is 0.519. The predicted molar refractivity (Wildman–Crippen MR) is 112 cm³/mol. The van der Waals surface area contributed by atoms with Crippen LogP contribution in [0.15, 0.2) is 12.1 Å². The van der Waals surface area contributed by atoms with Crippen molar-refractivity contribution in [3.05, 3.63) is 34.4 Å². The number of hydrogen-bond acceptors (Lipinski definition) is 5. The lowest BCUT2D eigenvalue weighted by Gasteiger charge is -2.47. The molecule has 4 nitrogen and oxygen atoms in total. The molecule has 1 aromatic rings. The number of ether oxygens (including phenoxy) is 2. The average molecular weight is 409 g/mol. The van der Waals surface area contributed by atoms with Gasteiger partial charge >= 0.3 is 0 Å². The number of halogens is 1. The summed E-state index contributed by atoms with van der Waals surface area (Å²) in [6.45, 7) is 5.93. The summed E-state index contributed by atoms with van der Waals surface area (Å²) in [7, 11) is 0. The fourth-order valence-electron chi connectivity index (χ4n) is 4.46. The number of fused-ring (bicyclic) bond motifs is 3. The summed E-state index contributed by atoms with van der Waals surface area (Å²) in [6.07, 6.45) is 4.81. The van der Waals surface area contributed by atoms with E-state index in [0.29, 0.717) is 24.5 Å². The fourth-order valence-corrected chi connectivity index (χ4v) is 4.75. The van der Waals surface area contributed by atoms with Gasteiger partial charge < -0.3 is 9.47 Å². The molecule has 28 heavy (non-hydrogen) atoms. The summed E-state index contributed by atoms with van der Waals surface area (Å²) in [4.78, 5) is 14.0. The van der Waals surface area contributed by atoms with Gasteiger partial charge in [-0.1, -0.05) is 12.1 Å². The number of benzene rings is 1. The fraction of sp³-hybridized carbons (Fsp3) is 0.682. The molecule has 0 unspecified atom stereocenters. The normalized spacial score (nSPS) is 24.6. The molecular formula is C22H32FNO3S. The van der Waals surface area contributed by atoms with Crippen molar-refractivity contribution in [2.24, 2.45) is 5.92 Å². The van der Waals surface area contributed by atoms with Crippen molar-refractivity contribution in [2.45, 2.75) is 45.3 Å². The molecule has 6 heteroatoms. The van der Waals surface area contributed by atoms with Gasteiger partial charge in [-0.25, -0.2) is 4.39 Å². The number of carbonyl (C=O) groups excluding carboxylic acids is 1. The number of alkyl halides is 1. The molecule has 1 fully saturated rings. The summed E-state index contributed by atoms with van der Waals surface area (Å²) in [5.41, 5.74) is 5.49. The number of carbonyl (C=O) groups is 1. The molecule has 3 atom stereocenters. The number of aryl methyl sites for hydroxylation is 2. The SMILES string of the molecule is CSCOCC[C@H]1CN2CCc3cc(C)c(C)cc3[C@@H]2C[C@@H]1OCC(=O)C[18F]. The summed E-state index contributed by atoms with van der Waals surface area (Å²) < 4.78 is 24.2. The van der Waals surface area contributed by atoms with Gasteiger partial charge in [-0.3, -0.25) is 9.69 Å². The van der Waals surface area contributed by atoms with Crippen LogP contribution in [0.25, 0.3) is 0 Å². The molecule has 0 aliphatic carbocycles. The van der Waals surface area contributed by atoms with Gasteiger partial charge in [0.2, 0.25) is 0 Å². The van der Waals surface area contributed by atoms with E-state index in [-0.39, 0.29) is 12.7 Å². The average Bonchev–Trinajstić information content (AvgIpc) is 2.70. The lowest BCUT2D eigenvalue weighted by molar-refractivity contribution is -0.131. The van der Waals surface area contributed by atoms with Crippen LogP contribution in [0.3, 0.4) is 0 Å². The van der Waals surface area contributed by atoms with Crippen LogP contribution >= 0.6 is 11.8 Å². The molecule has 2 aliphatic rings. The number of piperidine rings is 1. The molecule has 0 bridgehead atoms. The maximum Gasteiger partial charge on any atom is 0.189 e. The molecule has 2 heterocycles. The third kappa shape index (κ3) is 5.15. The third-order valence-corrected chi connectivity index (χ3v) is 6.52. The molecule has 3 rings (SSSR count). The lowest BCUT2D eigenvalue weighted by Crippen LogP contribution is -2.49. The summed E-state index contributed by atoms with van der Waals surface area (Å²) >= 11 is 1.67. The Kier molecular flexibility index (Phi) is 7.92. The van der Waals surface area contributed by atoms with E-state index in [0.717, 1.165) is 32.4 Å². The zero-order valence-corrected chi connectivity index (χ0v) is 18.0. The maximum atomic E-state index is 12.6. The second-order valence-corrected chi connectivity index (χ2v) is 8.83. The zero-order valence-electron chi connectivity index (χ0n) is 17.2. The molecule has 0 saturated carbocycles. The number of nitrogens with zero attached hydrogens (tertiary/aromatic N) is 1. The van der Waals surface area contributed by atoms with Gasteiger partial charge in [0.15, 0.2) is 12.5 Å². The van der Waals surface area contributed by atoms with Gasteiger partial charge in [0.1, 0.15) is 6.61 Å². The molecule has 2 aliphatic heterocycles. The first-order valence-corrected chi connectivity index (χ1v) is 11.5. The Bertz CT molecular complexity index is 684. The minimum atomic E-state index is -0.953. The minimum absolute atomic E-state index is 0.0396. The van der Waals surface area contributed by atoms with E-state index in [4.69, 9.17) is 9.47 Å². The van der Waals surface area contributed by atoms with Crippen LogP contribution in [0.1, 0.15) is 41.1 Å². The van der Waals surface area contributed by atoms with Crippen molar-refractivity contribution in [2.75, 3.05) is 45.2 Å². The number of hydrogen-bond donors (Lipinski definition) is 0. The van der Waals surface area contributed by atoms with Crippen molar-refractivity contribution >= 4 is 17.5 Å². The van der Waals surface area contributed by atoms with Gasteiger partial charge in [0.25, 0.3) is 0 Å². The van der Waals surface area contributed by atoms with Gasteiger partial charge in [-0.15, -0.1) is 11.8 Å². The number of ketones is 1. The Morgan fingerprint density at radius 2 is 2.11 bits per heavy atom. The van der Waals surface area contributed by atoms with Crippen molar-refractivity contribution in [1.82, 2.24) is 4.90 Å². The standard InChI is InChI=1S/C22H32FNO3S/c1-15-8-17-4-6-24-12-18(5-7-26-14-28-3)22(27-13-19(25)11-23)10-21(24)20(17)9-16(15)2/h8-9,18,21-22H,4-7,10-14H2,1-3H3/t18-,21-,22-/m0/s1/i23-1. The topological polar surface area (TPSA) is 38.8 Å². The highest BCUT2D eigenvalue weighted by Crippen LogP contribution is 2.41. The molecule has 0 radical (unpaired) electrons. The highest BCUT2D eigenvalue weighted by Gasteiger charge is 2.39. The van der Waals surface area contributed by atoms with Crippen LogP contribution in [0, 0.1) is 19.8 Å². The van der Waals surface area contributed by atoms with Gasteiger partial charge in [0.05, 0.1) is 12.0 Å². The van der Waals surface area contributed by atoms with Crippen LogP contribution in [-0.4, -0.2) is 62.0 Å². The van der Waals surface area contributed by atoms with Crippen LogP contribution < -0.4 is 0 Å². The van der Waals surface area contributed by atoms with Gasteiger partial charge in [-0.05, 0) is 61.6 Å². The summed E-state index contributed by atoms with van der Waals surface area (Å²) in [5, 5.41) is 0. The largest absolute Gasteiger partial charge is 0.371 e. The number of rotatable bonds is 9. The zero-order chi connectivity index (χ0) is 20.1. The van der Waals surface area contributed by atoms with Crippen LogP contribution in [-0.2, 0) is 20.7 Å². The lowest BCUT2D eigenvalue weighted by atomic mass is 9.79. The van der Waals surface area contributed by atoms with Crippen molar-refractivity contribution in [3.8, 4) is 0 Å². The van der Waals surface area contributed by atoms with Crippen molar-refractivity contribution in [1.29, 1.82) is 0 Å². The molecule has 156 valence electrons. The van der Waals surface area contributed by atoms with E-state index in [1.54, 1.807) is 11.8 Å². The first kappa shape index (κ1) is 21.8. The highest BCUT2D eigenvalue weighted by atomic mass is 32.2. The van der Waals surface area contributed by atoms with Crippen molar-refractivity contribution < 1.29 is 18.7 Å². The van der Waals surface area contributed by atoms with E-state index in [9.17, 15) is 9.18 Å². The second-order valence-electron chi connectivity index (χ2n) is 8.02. The Labute approximate surface area is 172 Å². The van der Waals surface area contributed by atoms with E-state index in [1.807, 2.05) is 6.26 Å². The Morgan fingerprint density at radius 1 is 1.32 bits per heavy atom. The molecule has 1 saturated heterocycles. The number of thioether (sulfide) groups is 1. The predicted octanol–water partition coefficient (Wildman–Crippen LogP) is 3.87. The first-order chi connectivity index (χ1) is 13.5. The maximum absolute atomic E-state index is 12.6. The Balaban J connectivity index is 1.74. The van der Waals surface area contributed by atoms with Crippen molar-refractivity contribution in [3.63, 3.8) is 0 Å². The highest BCUT2D eigenvalue weighted by molar-refractivity contribution is 7.98. The molecule has 0 N–H and O–H groups in total. The molecule has 0 spiro atoms. The third-order valence-electron chi connectivity index (χ3n) is 6.12. The molecular weight excluding hydrogens is 376 g/mol. The van der Waals surface area contributed by atoms with E-state index >= 15 is 0 Å². The smallest absolute Gasteiger partial charge is 0.189 e. The van der Waals surface area contributed by atoms with Gasteiger partial charge in [0, 0.05) is 31.7 Å². The Hall–Kier alpha value is -0.950. The Morgan fingerprint density at radius 3 is 2.86 bits per heavy atom. The quantitative estimate of drug-likeness (QED) is 0.458. The molecule has 1 aromatic carbocycles. The summed E-state index contributed by atoms with van der Waals surface area (Å²) in [6, 6.07) is 4.97. The van der Waals surface area contributed by atoms with E-state index in [1.165, 1.54) is 22.3 Å². The van der Waals surface area contributed by atoms with Crippen LogP contribution in [0.5, 0.6) is 0 Å². The van der Waals surface area contributed by atoms with E-state index in [2.05, 4.69) is 30.9 Å². The van der Waals surface area contributed by atoms with Crippen LogP contribution in [0.4, 0.5) is 4.39 Å². The van der Waals surface area contributed by atoms with Gasteiger partial charge in [-0.2, -0.15) is 0 Å². The molecule has 0 amide bonds. The monoisotopic (exact) mass is 408 g/mol. The van der Waals surface area contributed by atoms with E-state index < -0.39 is 12.5 Å².